The standard InChI is InChI=1S/C17H17F2NO4/c1-3-13(11-6-10(18)4-5-12(11)19)20-17(23)16-9(2)8-24-14(16)7-15(21)22/h4-6,8,13H,3,7H2,1-2H3,(H,20,23)(H,21,22). The molecule has 5 nitrogen and oxygen atoms in total. The number of hydrogen-bond acceptors (Lipinski definition) is 3. The van der Waals surface area contributed by atoms with E-state index in [0.717, 1.165) is 18.2 Å². The fourth-order valence-electron chi connectivity index (χ4n) is 2.48. The van der Waals surface area contributed by atoms with Crippen molar-refractivity contribution in [1.29, 1.82) is 0 Å². The van der Waals surface area contributed by atoms with Gasteiger partial charge in [0.2, 0.25) is 0 Å². The summed E-state index contributed by atoms with van der Waals surface area (Å²) in [7, 11) is 0. The number of furan rings is 1. The molecule has 0 saturated heterocycles. The number of amides is 1. The highest BCUT2D eigenvalue weighted by Crippen LogP contribution is 2.24. The summed E-state index contributed by atoms with van der Waals surface area (Å²) in [5, 5.41) is 11.5. The molecule has 1 atom stereocenters. The molecule has 1 amide bonds. The summed E-state index contributed by atoms with van der Waals surface area (Å²) in [6.45, 7) is 3.32. The second-order valence-electron chi connectivity index (χ2n) is 5.39. The molecule has 0 fully saturated rings. The molecular formula is C17H17F2NO4. The number of benzene rings is 1. The van der Waals surface area contributed by atoms with Crippen LogP contribution in [0.1, 0.15) is 46.6 Å². The van der Waals surface area contributed by atoms with Gasteiger partial charge in [-0.1, -0.05) is 6.92 Å². The lowest BCUT2D eigenvalue weighted by atomic mass is 10.0. The van der Waals surface area contributed by atoms with E-state index >= 15 is 0 Å². The number of nitrogens with one attached hydrogen (secondary N) is 1. The Morgan fingerprint density at radius 1 is 1.33 bits per heavy atom. The molecule has 0 radical (unpaired) electrons. The van der Waals surface area contributed by atoms with Gasteiger partial charge in [-0.3, -0.25) is 9.59 Å². The number of carbonyl (C=O) groups excluding carboxylic acids is 1. The zero-order valence-electron chi connectivity index (χ0n) is 13.2. The number of rotatable bonds is 6. The van der Waals surface area contributed by atoms with E-state index in [9.17, 15) is 18.4 Å². The Kier molecular flexibility index (Phi) is 5.33. The average Bonchev–Trinajstić information content (AvgIpc) is 2.87. The highest BCUT2D eigenvalue weighted by Gasteiger charge is 2.24. The van der Waals surface area contributed by atoms with Crippen LogP contribution in [0.3, 0.4) is 0 Å². The fraction of sp³-hybridized carbons (Fsp3) is 0.294. The molecule has 0 bridgehead atoms. The lowest BCUT2D eigenvalue weighted by Gasteiger charge is -2.18. The van der Waals surface area contributed by atoms with Gasteiger partial charge in [0.15, 0.2) is 0 Å². The van der Waals surface area contributed by atoms with Gasteiger partial charge in [0.05, 0.1) is 17.9 Å². The van der Waals surface area contributed by atoms with E-state index in [0.29, 0.717) is 12.0 Å². The summed E-state index contributed by atoms with van der Waals surface area (Å²) in [4.78, 5) is 23.3. The third kappa shape index (κ3) is 3.79. The van der Waals surface area contributed by atoms with Crippen molar-refractivity contribution < 1.29 is 27.9 Å². The molecule has 0 saturated carbocycles. The SMILES string of the molecule is CCC(NC(=O)c1c(C)coc1CC(=O)O)c1cc(F)ccc1F. The van der Waals surface area contributed by atoms with Crippen LogP contribution < -0.4 is 5.32 Å². The maximum Gasteiger partial charge on any atom is 0.311 e. The van der Waals surface area contributed by atoms with Gasteiger partial charge in [0.1, 0.15) is 23.8 Å². The first kappa shape index (κ1) is 17.7. The number of carbonyl (C=O) groups is 2. The molecule has 0 spiro atoms. The third-order valence-corrected chi connectivity index (χ3v) is 3.64. The first-order valence-electron chi connectivity index (χ1n) is 7.38. The van der Waals surface area contributed by atoms with Crippen LogP contribution in [0.4, 0.5) is 8.78 Å². The largest absolute Gasteiger partial charge is 0.481 e. The molecule has 1 aromatic carbocycles. The van der Waals surface area contributed by atoms with E-state index in [4.69, 9.17) is 9.52 Å². The van der Waals surface area contributed by atoms with Gasteiger partial charge >= 0.3 is 5.97 Å². The van der Waals surface area contributed by atoms with Crippen molar-refractivity contribution in [2.24, 2.45) is 0 Å². The van der Waals surface area contributed by atoms with E-state index in [1.165, 1.54) is 6.26 Å². The second-order valence-corrected chi connectivity index (χ2v) is 5.39. The second kappa shape index (κ2) is 7.25. The van der Waals surface area contributed by atoms with Crippen LogP contribution in [0.2, 0.25) is 0 Å². The van der Waals surface area contributed by atoms with Crippen LogP contribution in [0.25, 0.3) is 0 Å². The zero-order chi connectivity index (χ0) is 17.9. The summed E-state index contributed by atoms with van der Waals surface area (Å²) in [5.41, 5.74) is 0.609. The van der Waals surface area contributed by atoms with Gasteiger partial charge in [0, 0.05) is 11.1 Å². The van der Waals surface area contributed by atoms with Gasteiger partial charge in [-0.2, -0.15) is 0 Å². The number of aryl methyl sites for hydroxylation is 1. The molecule has 7 heteroatoms. The lowest BCUT2D eigenvalue weighted by Crippen LogP contribution is -2.30. The quantitative estimate of drug-likeness (QED) is 0.847. The molecule has 0 aliphatic carbocycles. The van der Waals surface area contributed by atoms with Gasteiger partial charge in [-0.15, -0.1) is 0 Å². The normalized spacial score (nSPS) is 12.0. The number of aliphatic carboxylic acids is 1. The van der Waals surface area contributed by atoms with E-state index < -0.39 is 36.0 Å². The van der Waals surface area contributed by atoms with E-state index in [2.05, 4.69) is 5.32 Å². The Morgan fingerprint density at radius 3 is 2.67 bits per heavy atom. The Morgan fingerprint density at radius 2 is 2.04 bits per heavy atom. The average molecular weight is 337 g/mol. The van der Waals surface area contributed by atoms with Crippen LogP contribution in [-0.4, -0.2) is 17.0 Å². The molecule has 1 unspecified atom stereocenters. The molecule has 1 heterocycles. The predicted molar refractivity (Wildman–Crippen MR) is 81.6 cm³/mol. The fourth-order valence-corrected chi connectivity index (χ4v) is 2.48. The summed E-state index contributed by atoms with van der Waals surface area (Å²) >= 11 is 0. The summed E-state index contributed by atoms with van der Waals surface area (Å²) in [6.07, 6.45) is 1.18. The summed E-state index contributed by atoms with van der Waals surface area (Å²) in [5.74, 6) is -2.94. The Hall–Kier alpha value is -2.70. The minimum atomic E-state index is -1.14. The zero-order valence-corrected chi connectivity index (χ0v) is 13.2. The smallest absolute Gasteiger partial charge is 0.311 e. The highest BCUT2D eigenvalue weighted by molar-refractivity contribution is 5.97. The van der Waals surface area contributed by atoms with Crippen molar-refractivity contribution in [2.75, 3.05) is 0 Å². The number of carboxylic acid groups (broad SMARTS) is 1. The Bertz CT molecular complexity index is 770. The first-order chi connectivity index (χ1) is 11.3. The molecule has 2 rings (SSSR count). The van der Waals surface area contributed by atoms with Crippen LogP contribution in [0, 0.1) is 18.6 Å². The maximum absolute atomic E-state index is 13.9. The number of hydrogen-bond donors (Lipinski definition) is 2. The van der Waals surface area contributed by atoms with Crippen molar-refractivity contribution >= 4 is 11.9 Å². The first-order valence-corrected chi connectivity index (χ1v) is 7.38. The maximum atomic E-state index is 13.9. The van der Waals surface area contributed by atoms with Crippen molar-refractivity contribution in [1.82, 2.24) is 5.32 Å². The van der Waals surface area contributed by atoms with Gasteiger partial charge in [-0.05, 0) is 31.5 Å². The molecule has 2 N–H and O–H groups in total. The topological polar surface area (TPSA) is 79.5 Å². The molecule has 128 valence electrons. The number of halogens is 2. The van der Waals surface area contributed by atoms with Crippen molar-refractivity contribution in [3.63, 3.8) is 0 Å². The molecule has 0 aliphatic rings. The van der Waals surface area contributed by atoms with E-state index in [1.807, 2.05) is 0 Å². The lowest BCUT2D eigenvalue weighted by molar-refractivity contribution is -0.136. The van der Waals surface area contributed by atoms with Crippen molar-refractivity contribution in [3.05, 3.63) is 58.5 Å². The Labute approximate surface area is 137 Å². The van der Waals surface area contributed by atoms with Crippen LogP contribution in [-0.2, 0) is 11.2 Å². The molecule has 0 aliphatic heterocycles. The van der Waals surface area contributed by atoms with E-state index in [1.54, 1.807) is 13.8 Å². The third-order valence-electron chi connectivity index (χ3n) is 3.64. The Balaban J connectivity index is 2.29. The van der Waals surface area contributed by atoms with Crippen molar-refractivity contribution in [2.45, 2.75) is 32.7 Å². The minimum absolute atomic E-state index is 0.0204. The van der Waals surface area contributed by atoms with Crippen LogP contribution >= 0.6 is 0 Å². The number of carboxylic acids is 1. The van der Waals surface area contributed by atoms with Crippen LogP contribution in [0.15, 0.2) is 28.9 Å². The van der Waals surface area contributed by atoms with E-state index in [-0.39, 0.29) is 16.9 Å². The minimum Gasteiger partial charge on any atom is -0.481 e. The molecule has 24 heavy (non-hydrogen) atoms. The van der Waals surface area contributed by atoms with Gasteiger partial charge in [-0.25, -0.2) is 8.78 Å². The molecule has 2 aromatic rings. The summed E-state index contributed by atoms with van der Waals surface area (Å²) < 4.78 is 32.4. The van der Waals surface area contributed by atoms with Crippen LogP contribution in [0.5, 0.6) is 0 Å². The summed E-state index contributed by atoms with van der Waals surface area (Å²) in [6, 6.07) is 2.28. The van der Waals surface area contributed by atoms with Gasteiger partial charge < -0.3 is 14.8 Å². The highest BCUT2D eigenvalue weighted by atomic mass is 19.1. The molecular weight excluding hydrogens is 320 g/mol. The molecule has 1 aromatic heterocycles. The monoisotopic (exact) mass is 337 g/mol. The van der Waals surface area contributed by atoms with Crippen molar-refractivity contribution in [3.8, 4) is 0 Å². The van der Waals surface area contributed by atoms with Gasteiger partial charge in [0.25, 0.3) is 5.91 Å². The predicted octanol–water partition coefficient (Wildman–Crippen LogP) is 3.37.